The van der Waals surface area contributed by atoms with E-state index in [1.807, 2.05) is 0 Å². The Bertz CT molecular complexity index is 349. The van der Waals surface area contributed by atoms with Crippen LogP contribution >= 0.6 is 0 Å². The maximum atomic E-state index is 5.70. The number of aromatic nitrogens is 2. The SMILES string of the molecule is COCCN(c1nccnc1CN)C(C)COC. The van der Waals surface area contributed by atoms with Gasteiger partial charge < -0.3 is 20.1 Å². The van der Waals surface area contributed by atoms with Crippen LogP contribution in [0.25, 0.3) is 0 Å². The third-order valence-electron chi connectivity index (χ3n) is 2.69. The first-order chi connectivity index (χ1) is 8.74. The molecule has 1 atom stereocenters. The highest BCUT2D eigenvalue weighted by Gasteiger charge is 2.18. The number of anilines is 1. The second-order valence-corrected chi connectivity index (χ2v) is 4.02. The van der Waals surface area contributed by atoms with Crippen LogP contribution in [0.3, 0.4) is 0 Å². The molecule has 1 rings (SSSR count). The highest BCUT2D eigenvalue weighted by molar-refractivity contribution is 5.44. The smallest absolute Gasteiger partial charge is 0.152 e. The number of nitrogens with two attached hydrogens (primary N) is 1. The van der Waals surface area contributed by atoms with E-state index in [2.05, 4.69) is 21.8 Å². The molecule has 0 saturated heterocycles. The van der Waals surface area contributed by atoms with Crippen molar-refractivity contribution in [1.29, 1.82) is 0 Å². The summed E-state index contributed by atoms with van der Waals surface area (Å²) in [4.78, 5) is 10.7. The van der Waals surface area contributed by atoms with Crippen LogP contribution in [0.15, 0.2) is 12.4 Å². The van der Waals surface area contributed by atoms with E-state index in [0.717, 1.165) is 18.1 Å². The molecule has 6 heteroatoms. The summed E-state index contributed by atoms with van der Waals surface area (Å²) < 4.78 is 10.3. The molecule has 2 N–H and O–H groups in total. The topological polar surface area (TPSA) is 73.5 Å². The van der Waals surface area contributed by atoms with E-state index in [0.29, 0.717) is 19.8 Å². The van der Waals surface area contributed by atoms with Crippen LogP contribution in [0.1, 0.15) is 12.6 Å². The molecule has 0 aliphatic carbocycles. The highest BCUT2D eigenvalue weighted by atomic mass is 16.5. The van der Waals surface area contributed by atoms with E-state index >= 15 is 0 Å². The Morgan fingerprint density at radius 1 is 1.28 bits per heavy atom. The number of nitrogens with zero attached hydrogens (tertiary/aromatic N) is 3. The van der Waals surface area contributed by atoms with Gasteiger partial charge >= 0.3 is 0 Å². The first-order valence-corrected chi connectivity index (χ1v) is 5.99. The molecular formula is C12H22N4O2. The van der Waals surface area contributed by atoms with Crippen molar-refractivity contribution >= 4 is 5.82 Å². The Morgan fingerprint density at radius 3 is 2.61 bits per heavy atom. The molecule has 0 aliphatic heterocycles. The van der Waals surface area contributed by atoms with Crippen LogP contribution in [0.5, 0.6) is 0 Å². The van der Waals surface area contributed by atoms with Gasteiger partial charge in [0.05, 0.1) is 24.9 Å². The molecular weight excluding hydrogens is 232 g/mol. The van der Waals surface area contributed by atoms with Crippen molar-refractivity contribution in [2.24, 2.45) is 5.73 Å². The van der Waals surface area contributed by atoms with Gasteiger partial charge in [0, 0.05) is 39.7 Å². The van der Waals surface area contributed by atoms with Gasteiger partial charge in [-0.05, 0) is 6.92 Å². The quantitative estimate of drug-likeness (QED) is 0.725. The molecule has 102 valence electrons. The normalized spacial score (nSPS) is 12.4. The van der Waals surface area contributed by atoms with Crippen LogP contribution in [-0.2, 0) is 16.0 Å². The van der Waals surface area contributed by atoms with Gasteiger partial charge in [0.15, 0.2) is 5.82 Å². The summed E-state index contributed by atoms with van der Waals surface area (Å²) in [5.41, 5.74) is 6.49. The first kappa shape index (κ1) is 14.8. The predicted octanol–water partition coefficient (Wildman–Crippen LogP) is 0.423. The van der Waals surface area contributed by atoms with Gasteiger partial charge in [0.2, 0.25) is 0 Å². The van der Waals surface area contributed by atoms with Gasteiger partial charge in [0.1, 0.15) is 0 Å². The fraction of sp³-hybridized carbons (Fsp3) is 0.667. The zero-order valence-corrected chi connectivity index (χ0v) is 11.3. The minimum Gasteiger partial charge on any atom is -0.383 e. The Labute approximate surface area is 108 Å². The Morgan fingerprint density at radius 2 is 2.00 bits per heavy atom. The lowest BCUT2D eigenvalue weighted by Gasteiger charge is -2.30. The maximum Gasteiger partial charge on any atom is 0.152 e. The summed E-state index contributed by atoms with van der Waals surface area (Å²) in [7, 11) is 3.37. The van der Waals surface area contributed by atoms with Crippen molar-refractivity contribution in [2.45, 2.75) is 19.5 Å². The van der Waals surface area contributed by atoms with Crippen LogP contribution in [0.4, 0.5) is 5.82 Å². The molecule has 0 aromatic carbocycles. The Hall–Kier alpha value is -1.24. The van der Waals surface area contributed by atoms with Gasteiger partial charge in [0.25, 0.3) is 0 Å². The summed E-state index contributed by atoms with van der Waals surface area (Å²) >= 11 is 0. The third-order valence-corrected chi connectivity index (χ3v) is 2.69. The molecule has 0 fully saturated rings. The van der Waals surface area contributed by atoms with Crippen molar-refractivity contribution in [3.8, 4) is 0 Å². The summed E-state index contributed by atoms with van der Waals surface area (Å²) in [6, 6.07) is 0.187. The monoisotopic (exact) mass is 254 g/mol. The Balaban J connectivity index is 2.92. The zero-order chi connectivity index (χ0) is 13.4. The van der Waals surface area contributed by atoms with E-state index in [-0.39, 0.29) is 6.04 Å². The highest BCUT2D eigenvalue weighted by Crippen LogP contribution is 2.17. The predicted molar refractivity (Wildman–Crippen MR) is 70.5 cm³/mol. The summed E-state index contributed by atoms with van der Waals surface area (Å²) in [6.45, 7) is 4.41. The van der Waals surface area contributed by atoms with Gasteiger partial charge in [-0.15, -0.1) is 0 Å². The number of hydrogen-bond acceptors (Lipinski definition) is 6. The summed E-state index contributed by atoms with van der Waals surface area (Å²) in [6.07, 6.45) is 3.33. The van der Waals surface area contributed by atoms with E-state index in [9.17, 15) is 0 Å². The second kappa shape index (κ2) is 7.97. The maximum absolute atomic E-state index is 5.70. The van der Waals surface area contributed by atoms with Crippen LogP contribution in [-0.4, -0.2) is 50.0 Å². The van der Waals surface area contributed by atoms with Crippen molar-refractivity contribution in [2.75, 3.05) is 38.9 Å². The molecule has 0 radical (unpaired) electrons. The second-order valence-electron chi connectivity index (χ2n) is 4.02. The van der Waals surface area contributed by atoms with Crippen molar-refractivity contribution in [1.82, 2.24) is 9.97 Å². The molecule has 0 spiro atoms. The van der Waals surface area contributed by atoms with Crippen LogP contribution < -0.4 is 10.6 Å². The fourth-order valence-corrected chi connectivity index (χ4v) is 1.80. The van der Waals surface area contributed by atoms with E-state index < -0.39 is 0 Å². The lowest BCUT2D eigenvalue weighted by Crippen LogP contribution is -2.40. The molecule has 6 nitrogen and oxygen atoms in total. The minimum atomic E-state index is 0.187. The van der Waals surface area contributed by atoms with Gasteiger partial charge in [-0.1, -0.05) is 0 Å². The van der Waals surface area contributed by atoms with Gasteiger partial charge in [-0.2, -0.15) is 0 Å². The number of rotatable bonds is 8. The standard InChI is InChI=1S/C12H22N4O2/c1-10(9-18-3)16(6-7-17-2)12-11(8-13)14-4-5-15-12/h4-5,10H,6-9,13H2,1-3H3. The van der Waals surface area contributed by atoms with Crippen molar-refractivity contribution in [3.63, 3.8) is 0 Å². The van der Waals surface area contributed by atoms with Gasteiger partial charge in [-0.25, -0.2) is 4.98 Å². The van der Waals surface area contributed by atoms with E-state index in [1.54, 1.807) is 26.6 Å². The fourth-order valence-electron chi connectivity index (χ4n) is 1.80. The Kier molecular flexibility index (Phi) is 6.56. The molecule has 1 aromatic heterocycles. The summed E-state index contributed by atoms with van der Waals surface area (Å²) in [5.74, 6) is 0.807. The van der Waals surface area contributed by atoms with Crippen LogP contribution in [0.2, 0.25) is 0 Å². The number of hydrogen-bond donors (Lipinski definition) is 1. The molecule has 0 bridgehead atoms. The minimum absolute atomic E-state index is 0.187. The number of ether oxygens (including phenoxy) is 2. The van der Waals surface area contributed by atoms with Crippen LogP contribution in [0, 0.1) is 0 Å². The molecule has 18 heavy (non-hydrogen) atoms. The van der Waals surface area contributed by atoms with Crippen molar-refractivity contribution < 1.29 is 9.47 Å². The van der Waals surface area contributed by atoms with Crippen molar-refractivity contribution in [3.05, 3.63) is 18.1 Å². The lowest BCUT2D eigenvalue weighted by atomic mass is 10.2. The molecule has 1 aromatic rings. The van der Waals surface area contributed by atoms with E-state index in [4.69, 9.17) is 15.2 Å². The molecule has 1 unspecified atom stereocenters. The lowest BCUT2D eigenvalue weighted by molar-refractivity contribution is 0.170. The zero-order valence-electron chi connectivity index (χ0n) is 11.3. The molecule has 0 aliphatic rings. The first-order valence-electron chi connectivity index (χ1n) is 5.99. The molecule has 0 amide bonds. The molecule has 0 saturated carbocycles. The third kappa shape index (κ3) is 3.90. The average molecular weight is 254 g/mol. The van der Waals surface area contributed by atoms with E-state index in [1.165, 1.54) is 0 Å². The average Bonchev–Trinajstić information content (AvgIpc) is 2.40. The summed E-state index contributed by atoms with van der Waals surface area (Å²) in [5, 5.41) is 0. The molecule has 1 heterocycles. The van der Waals surface area contributed by atoms with Gasteiger partial charge in [-0.3, -0.25) is 4.98 Å². The number of methoxy groups -OCH3 is 2. The largest absolute Gasteiger partial charge is 0.383 e.